The summed E-state index contributed by atoms with van der Waals surface area (Å²) in [7, 11) is 0. The molecule has 2 unspecified atom stereocenters. The molecule has 0 saturated carbocycles. The number of ether oxygens (including phenoxy) is 1. The van der Waals surface area contributed by atoms with E-state index in [2.05, 4.69) is 129 Å². The van der Waals surface area contributed by atoms with Crippen molar-refractivity contribution in [3.05, 3.63) is 175 Å². The van der Waals surface area contributed by atoms with Gasteiger partial charge in [-0.25, -0.2) is 0 Å². The molecule has 4 aliphatic rings. The van der Waals surface area contributed by atoms with Crippen LogP contribution in [0.25, 0.3) is 32.8 Å². The summed E-state index contributed by atoms with van der Waals surface area (Å²) in [6.07, 6.45) is 15.7. The highest BCUT2D eigenvalue weighted by atomic mass is 32.2. The predicted octanol–water partition coefficient (Wildman–Crippen LogP) is 12.4. The number of hydrogen-bond acceptors (Lipinski definition) is 5. The SMILES string of the molecule is C1=CC2Nc3ccccc3SC2C=C1.c1ccc2c(c1)Nc1ccccc1O2.c1ccc2c(c1)[nH]c1ccccc12.c1cnc2c3c([nH]c2c1)CCCC3. The molecule has 3 aromatic heterocycles. The average molecular weight is 724 g/mol. The summed E-state index contributed by atoms with van der Waals surface area (Å²) in [6, 6.07) is 45.6. The number of aromatic nitrogens is 3. The van der Waals surface area contributed by atoms with Crippen LogP contribution in [-0.4, -0.2) is 26.2 Å². The molecule has 6 nitrogen and oxygen atoms in total. The van der Waals surface area contributed by atoms with Crippen molar-refractivity contribution in [2.24, 2.45) is 0 Å². The van der Waals surface area contributed by atoms with E-state index in [1.54, 1.807) is 0 Å². The van der Waals surface area contributed by atoms with Gasteiger partial charge in [0.1, 0.15) is 0 Å². The molecular weight excluding hydrogens is 683 g/mol. The molecule has 0 bridgehead atoms. The Hall–Kier alpha value is -6.18. The number of aromatic amines is 2. The Morgan fingerprint density at radius 3 is 1.94 bits per heavy atom. The van der Waals surface area contributed by atoms with Gasteiger partial charge in [0, 0.05) is 44.3 Å². The highest BCUT2D eigenvalue weighted by molar-refractivity contribution is 8.00. The van der Waals surface area contributed by atoms with Crippen molar-refractivity contribution in [1.82, 2.24) is 15.0 Å². The molecule has 7 heteroatoms. The predicted molar refractivity (Wildman–Crippen MR) is 227 cm³/mol. The first-order valence-corrected chi connectivity index (χ1v) is 19.5. The van der Waals surface area contributed by atoms with Crippen LogP contribution in [0, 0.1) is 0 Å². The van der Waals surface area contributed by atoms with Crippen LogP contribution in [0.15, 0.2) is 169 Å². The van der Waals surface area contributed by atoms with Crippen LogP contribution >= 0.6 is 11.8 Å². The van der Waals surface area contributed by atoms with Crippen molar-refractivity contribution in [1.29, 1.82) is 0 Å². The van der Waals surface area contributed by atoms with Gasteiger partial charge in [0.2, 0.25) is 0 Å². The Balaban J connectivity index is 0.0000000950. The van der Waals surface area contributed by atoms with Gasteiger partial charge in [-0.15, -0.1) is 11.8 Å². The Kier molecular flexibility index (Phi) is 9.61. The van der Waals surface area contributed by atoms with Gasteiger partial charge in [0.15, 0.2) is 11.5 Å². The number of hydrogen-bond donors (Lipinski definition) is 4. The molecule has 12 rings (SSSR count). The lowest BCUT2D eigenvalue weighted by atomic mass is 9.97. The van der Waals surface area contributed by atoms with Gasteiger partial charge >= 0.3 is 0 Å². The fraction of sp³-hybridized carbons (Fsp3) is 0.128. The maximum atomic E-state index is 5.71. The quantitative estimate of drug-likeness (QED) is 0.125. The van der Waals surface area contributed by atoms with Crippen LogP contribution in [0.1, 0.15) is 24.1 Å². The molecule has 4 N–H and O–H groups in total. The summed E-state index contributed by atoms with van der Waals surface area (Å²) >= 11 is 1.94. The monoisotopic (exact) mass is 723 g/mol. The molecule has 0 saturated heterocycles. The zero-order chi connectivity index (χ0) is 36.1. The Morgan fingerprint density at radius 1 is 0.574 bits per heavy atom. The van der Waals surface area contributed by atoms with E-state index in [1.165, 1.54) is 80.4 Å². The number of anilines is 3. The molecule has 2 aliphatic carbocycles. The summed E-state index contributed by atoms with van der Waals surface area (Å²) in [6.45, 7) is 0. The minimum atomic E-state index is 0.458. The zero-order valence-corrected chi connectivity index (χ0v) is 30.7. The first-order valence-electron chi connectivity index (χ1n) is 18.7. The number of nitrogens with one attached hydrogen (secondary N) is 4. The standard InChI is InChI=1S/C12H9NO.C12H11NS.C12H9N.C11H12N2/c2*1-3-7-11-9(5-1)13-10-6-2-4-8-12(10)14-11;1-3-7-11-9(5-1)10-6-2-4-8-12(10)13-11;1-2-5-9-8(4-1)11-10(13-9)6-3-7-12-11/h1-8,13H;1-9,11,13H;1-8,13H;3,6-7,13H,1-2,4-5H2. The third-order valence-electron chi connectivity index (χ3n) is 10.1. The van der Waals surface area contributed by atoms with E-state index in [0.29, 0.717) is 11.3 Å². The molecule has 2 atom stereocenters. The number of aryl methyl sites for hydroxylation is 2. The molecular formula is C47H41N5OS. The van der Waals surface area contributed by atoms with Crippen LogP contribution in [0.4, 0.5) is 17.1 Å². The second-order valence-corrected chi connectivity index (χ2v) is 14.9. The van der Waals surface area contributed by atoms with Gasteiger partial charge in [0.05, 0.1) is 33.7 Å². The number of allylic oxidation sites excluding steroid dienone is 2. The molecule has 266 valence electrons. The smallest absolute Gasteiger partial charge is 0.150 e. The molecule has 54 heavy (non-hydrogen) atoms. The number of pyridine rings is 1. The summed E-state index contributed by atoms with van der Waals surface area (Å²) < 4.78 is 5.71. The van der Waals surface area contributed by atoms with Crippen molar-refractivity contribution in [3.8, 4) is 11.5 Å². The van der Waals surface area contributed by atoms with Crippen LogP contribution in [0.3, 0.4) is 0 Å². The number of benzene rings is 5. The van der Waals surface area contributed by atoms with Crippen molar-refractivity contribution in [2.45, 2.75) is 41.9 Å². The largest absolute Gasteiger partial charge is 0.453 e. The first kappa shape index (κ1) is 33.6. The third kappa shape index (κ3) is 7.10. The van der Waals surface area contributed by atoms with E-state index < -0.39 is 0 Å². The number of fused-ring (bicyclic) bond motifs is 10. The van der Waals surface area contributed by atoms with Crippen molar-refractivity contribution in [3.63, 3.8) is 0 Å². The van der Waals surface area contributed by atoms with Gasteiger partial charge in [-0.2, -0.15) is 0 Å². The van der Waals surface area contributed by atoms with Crippen LogP contribution < -0.4 is 15.4 Å². The van der Waals surface area contributed by atoms with Crippen molar-refractivity contribution >= 4 is 61.7 Å². The third-order valence-corrected chi connectivity index (χ3v) is 11.4. The van der Waals surface area contributed by atoms with E-state index in [9.17, 15) is 0 Å². The van der Waals surface area contributed by atoms with E-state index in [1.807, 2.05) is 72.6 Å². The number of para-hydroxylation sites is 7. The molecule has 0 fully saturated rings. The summed E-state index contributed by atoms with van der Waals surface area (Å²) in [5, 5.41) is 10.0. The molecule has 0 amide bonds. The van der Waals surface area contributed by atoms with Crippen LogP contribution in [0.2, 0.25) is 0 Å². The number of rotatable bonds is 0. The minimum absolute atomic E-state index is 0.458. The molecule has 5 heterocycles. The van der Waals surface area contributed by atoms with Gasteiger partial charge < -0.3 is 25.3 Å². The Morgan fingerprint density at radius 2 is 1.19 bits per heavy atom. The van der Waals surface area contributed by atoms with Gasteiger partial charge in [0.25, 0.3) is 0 Å². The normalized spacial score (nSPS) is 16.8. The fourth-order valence-electron chi connectivity index (χ4n) is 7.44. The van der Waals surface area contributed by atoms with Gasteiger partial charge in [-0.3, -0.25) is 4.98 Å². The van der Waals surface area contributed by atoms with Crippen LogP contribution in [0.5, 0.6) is 11.5 Å². The lowest BCUT2D eigenvalue weighted by Gasteiger charge is -2.31. The molecule has 0 radical (unpaired) electrons. The van der Waals surface area contributed by atoms with E-state index in [4.69, 9.17) is 4.74 Å². The van der Waals surface area contributed by atoms with Crippen molar-refractivity contribution in [2.75, 3.05) is 10.6 Å². The number of nitrogens with zero attached hydrogens (tertiary/aromatic N) is 1. The number of thioether (sulfide) groups is 1. The van der Waals surface area contributed by atoms with Gasteiger partial charge in [-0.05, 0) is 91.9 Å². The fourth-order valence-corrected chi connectivity index (χ4v) is 8.62. The average Bonchev–Trinajstić information content (AvgIpc) is 3.81. The summed E-state index contributed by atoms with van der Waals surface area (Å²) in [5.74, 6) is 1.76. The first-order chi connectivity index (χ1) is 26.8. The number of H-pyrrole nitrogens is 2. The Labute approximate surface area is 319 Å². The van der Waals surface area contributed by atoms with Crippen LogP contribution in [-0.2, 0) is 12.8 Å². The second kappa shape index (κ2) is 15.4. The highest BCUT2D eigenvalue weighted by Crippen LogP contribution is 2.41. The van der Waals surface area contributed by atoms with Gasteiger partial charge in [-0.1, -0.05) is 97.1 Å². The molecule has 2 aliphatic heterocycles. The Bertz CT molecular complexity index is 2440. The molecule has 5 aromatic carbocycles. The second-order valence-electron chi connectivity index (χ2n) is 13.6. The highest BCUT2D eigenvalue weighted by Gasteiger charge is 2.25. The molecule has 8 aromatic rings. The summed E-state index contributed by atoms with van der Waals surface area (Å²) in [5.41, 5.74) is 11.0. The molecule has 0 spiro atoms. The minimum Gasteiger partial charge on any atom is -0.453 e. The van der Waals surface area contributed by atoms with E-state index in [-0.39, 0.29) is 0 Å². The lowest BCUT2D eigenvalue weighted by molar-refractivity contribution is 0.481. The maximum Gasteiger partial charge on any atom is 0.150 e. The lowest BCUT2D eigenvalue weighted by Crippen LogP contribution is -2.32. The summed E-state index contributed by atoms with van der Waals surface area (Å²) in [4.78, 5) is 12.6. The zero-order valence-electron chi connectivity index (χ0n) is 29.8. The van der Waals surface area contributed by atoms with E-state index >= 15 is 0 Å². The topological polar surface area (TPSA) is 77.8 Å². The van der Waals surface area contributed by atoms with E-state index in [0.717, 1.165) is 22.9 Å². The maximum absolute atomic E-state index is 5.71. The van der Waals surface area contributed by atoms with Crippen molar-refractivity contribution < 1.29 is 4.74 Å².